The van der Waals surface area contributed by atoms with Gasteiger partial charge in [-0.3, -0.25) is 37.3 Å². The topological polar surface area (TPSA) is 237 Å². The molecule has 0 bridgehead atoms. The normalized spacial score (nSPS) is 14.0. The monoisotopic (exact) mass is 1480 g/mol. The van der Waals surface area contributed by atoms with E-state index >= 15 is 0 Å². The van der Waals surface area contributed by atoms with Crippen molar-refractivity contribution in [3.05, 3.63) is 48.6 Å². The summed E-state index contributed by atoms with van der Waals surface area (Å²) in [5.74, 6) is -2.17. The Morgan fingerprint density at radius 1 is 0.277 bits per heavy atom. The molecule has 0 amide bonds. The number of rotatable bonds is 78. The third kappa shape index (κ3) is 77.5. The maximum absolute atomic E-state index is 13.1. The smallest absolute Gasteiger partial charge is 0.462 e. The molecule has 1 radical (unpaired) electrons. The van der Waals surface area contributed by atoms with Gasteiger partial charge in [0, 0.05) is 55.2 Å². The number of phosphoric ester groups is 2. The Balaban J connectivity index is 0. The first-order chi connectivity index (χ1) is 48.7. The molecular weight excluding hydrogens is 1330 g/mol. The van der Waals surface area contributed by atoms with Crippen LogP contribution in [0.15, 0.2) is 48.6 Å². The first kappa shape index (κ1) is 101. The van der Waals surface area contributed by atoms with Gasteiger partial charge in [0.2, 0.25) is 0 Å². The molecule has 0 aliphatic carbocycles. The Labute approximate surface area is 639 Å². The van der Waals surface area contributed by atoms with Crippen molar-refractivity contribution in [2.45, 2.75) is 406 Å². The Bertz CT molecular complexity index is 1950. The third-order valence-corrected chi connectivity index (χ3v) is 19.6. The number of hydrogen-bond acceptors (Lipinski definition) is 15. The van der Waals surface area contributed by atoms with Crippen molar-refractivity contribution >= 4 is 69.1 Å². The van der Waals surface area contributed by atoms with Crippen LogP contribution in [-0.4, -0.2) is 126 Å². The summed E-state index contributed by atoms with van der Waals surface area (Å²) in [5, 5.41) is 10.6. The van der Waals surface area contributed by atoms with Gasteiger partial charge in [-0.15, -0.1) is 0 Å². The van der Waals surface area contributed by atoms with E-state index in [9.17, 15) is 43.2 Å². The average Bonchev–Trinajstić information content (AvgIpc) is 1.01. The van der Waals surface area contributed by atoms with Crippen LogP contribution >= 0.6 is 15.6 Å². The minimum absolute atomic E-state index is 0. The summed E-state index contributed by atoms with van der Waals surface area (Å²) in [6.07, 6.45) is 72.2. The van der Waals surface area contributed by atoms with Crippen LogP contribution in [0.3, 0.4) is 0 Å². The molecule has 101 heavy (non-hydrogen) atoms. The number of esters is 4. The fourth-order valence-electron chi connectivity index (χ4n) is 11.4. The number of carbonyl (C=O) groups is 4. The number of aliphatic hydroxyl groups excluding tert-OH is 1. The van der Waals surface area contributed by atoms with E-state index in [1.807, 2.05) is 0 Å². The predicted octanol–water partition coefficient (Wildman–Crippen LogP) is 23.3. The molecule has 17 nitrogen and oxygen atoms in total. The maximum Gasteiger partial charge on any atom is 0.472 e. The fraction of sp³-hybridized carbons (Fsp3) is 0.852. The van der Waals surface area contributed by atoms with E-state index in [2.05, 4.69) is 76.3 Å². The minimum Gasteiger partial charge on any atom is -0.462 e. The van der Waals surface area contributed by atoms with Crippen LogP contribution in [0.1, 0.15) is 387 Å². The molecule has 0 aromatic rings. The van der Waals surface area contributed by atoms with Gasteiger partial charge in [-0.25, -0.2) is 9.13 Å². The summed E-state index contributed by atoms with van der Waals surface area (Å²) >= 11 is 0. The number of phosphoric acid groups is 2. The molecule has 0 aromatic heterocycles. The first-order valence-corrected chi connectivity index (χ1v) is 43.9. The van der Waals surface area contributed by atoms with Gasteiger partial charge in [0.15, 0.2) is 12.2 Å². The van der Waals surface area contributed by atoms with Crippen LogP contribution in [0.4, 0.5) is 0 Å². The van der Waals surface area contributed by atoms with Crippen molar-refractivity contribution in [3.8, 4) is 0 Å². The second kappa shape index (κ2) is 77.6. The zero-order valence-electron chi connectivity index (χ0n) is 65.1. The van der Waals surface area contributed by atoms with Crippen LogP contribution in [0.2, 0.25) is 0 Å². The van der Waals surface area contributed by atoms with Gasteiger partial charge in [0.05, 0.1) is 26.4 Å². The number of carbonyl (C=O) groups excluding carboxylic acids is 4. The third-order valence-electron chi connectivity index (χ3n) is 17.7. The number of aliphatic hydroxyl groups is 1. The van der Waals surface area contributed by atoms with E-state index in [-0.39, 0.29) is 55.2 Å². The van der Waals surface area contributed by atoms with Crippen molar-refractivity contribution < 1.29 is 80.2 Å². The molecule has 587 valence electrons. The minimum atomic E-state index is -4.97. The molecule has 0 rings (SSSR count). The first-order valence-electron chi connectivity index (χ1n) is 40.9. The zero-order chi connectivity index (χ0) is 73.2. The van der Waals surface area contributed by atoms with Crippen molar-refractivity contribution in [3.63, 3.8) is 0 Å². The average molecular weight is 1480 g/mol. The van der Waals surface area contributed by atoms with Crippen molar-refractivity contribution in [1.82, 2.24) is 0 Å². The maximum atomic E-state index is 13.1. The largest absolute Gasteiger partial charge is 0.472 e. The summed E-state index contributed by atoms with van der Waals surface area (Å²) in [6.45, 7) is 4.90. The van der Waals surface area contributed by atoms with Gasteiger partial charge < -0.3 is 33.8 Å². The molecule has 20 heteroatoms. The standard InChI is InChI=1S/C81H150O17P2.Na/c1-5-9-13-17-21-25-29-33-37-41-45-49-53-57-61-65-78(83)91-71-76(97-80(85)67-63-59-55-51-47-43-39-35-31-27-23-19-15-11-7-3)73-95-99(87,88)93-69-75(82)70-94-100(89,90)96-74-77(98-81(86)68-64-60-56-52-48-44-40-36-32-28-24-20-16-12-8-4)72-92-79(84)66-62-58-54-50-46-42-38-34-30-26-22-18-14-10-6-2;/h33-40,75-77,82H,5-32,41-74H2,1-4H3,(H,87,88)(H,89,90);/t75?,76-,77-;/m1./s1. The Kier molecular flexibility index (Phi) is 77.7. The summed E-state index contributed by atoms with van der Waals surface area (Å²) in [7, 11) is -9.95. The Morgan fingerprint density at radius 3 is 0.693 bits per heavy atom. The van der Waals surface area contributed by atoms with Gasteiger partial charge in [-0.1, -0.05) is 282 Å². The summed E-state index contributed by atoms with van der Waals surface area (Å²) < 4.78 is 68.6. The van der Waals surface area contributed by atoms with Gasteiger partial charge in [0.1, 0.15) is 19.3 Å². The zero-order valence-corrected chi connectivity index (χ0v) is 68.9. The number of ether oxygens (including phenoxy) is 4. The molecule has 0 fully saturated rings. The van der Waals surface area contributed by atoms with Gasteiger partial charge in [0.25, 0.3) is 0 Å². The van der Waals surface area contributed by atoms with Crippen LogP contribution in [-0.2, 0) is 65.4 Å². The van der Waals surface area contributed by atoms with E-state index in [0.29, 0.717) is 25.7 Å². The van der Waals surface area contributed by atoms with Gasteiger partial charge >= 0.3 is 39.5 Å². The predicted molar refractivity (Wildman–Crippen MR) is 415 cm³/mol. The molecule has 0 saturated carbocycles. The van der Waals surface area contributed by atoms with Gasteiger partial charge in [-0.05, 0) is 128 Å². The van der Waals surface area contributed by atoms with E-state index in [0.717, 1.165) is 154 Å². The second-order valence-electron chi connectivity index (χ2n) is 27.7. The molecule has 0 spiro atoms. The Hall–Kier alpha value is -1.98. The summed E-state index contributed by atoms with van der Waals surface area (Å²) in [4.78, 5) is 73.0. The molecule has 0 saturated heterocycles. The van der Waals surface area contributed by atoms with Crippen molar-refractivity contribution in [2.24, 2.45) is 0 Å². The molecule has 0 aliphatic rings. The van der Waals surface area contributed by atoms with E-state index < -0.39 is 97.5 Å². The molecule has 0 heterocycles. The molecule has 2 unspecified atom stereocenters. The fourth-order valence-corrected chi connectivity index (χ4v) is 13.0. The van der Waals surface area contributed by atoms with Crippen LogP contribution in [0.5, 0.6) is 0 Å². The van der Waals surface area contributed by atoms with Crippen LogP contribution < -0.4 is 0 Å². The quantitative estimate of drug-likeness (QED) is 0.0128. The summed E-state index contributed by atoms with van der Waals surface area (Å²) in [5.41, 5.74) is 0. The van der Waals surface area contributed by atoms with E-state index in [4.69, 9.17) is 37.0 Å². The second-order valence-corrected chi connectivity index (χ2v) is 30.6. The van der Waals surface area contributed by atoms with E-state index in [1.165, 1.54) is 154 Å². The molecular formula is C81H150NaO17P2. The number of allylic oxidation sites excluding steroid dienone is 8. The molecule has 4 atom stereocenters. The van der Waals surface area contributed by atoms with Gasteiger partial charge in [-0.2, -0.15) is 0 Å². The van der Waals surface area contributed by atoms with Crippen molar-refractivity contribution in [2.75, 3.05) is 39.6 Å². The van der Waals surface area contributed by atoms with Crippen LogP contribution in [0.25, 0.3) is 0 Å². The molecule has 0 aromatic carbocycles. The van der Waals surface area contributed by atoms with Crippen LogP contribution in [0, 0.1) is 0 Å². The molecule has 0 aliphatic heterocycles. The van der Waals surface area contributed by atoms with E-state index in [1.54, 1.807) is 0 Å². The van der Waals surface area contributed by atoms with Crippen molar-refractivity contribution in [1.29, 1.82) is 0 Å². The molecule has 3 N–H and O–H groups in total. The Morgan fingerprint density at radius 2 is 0.465 bits per heavy atom. The number of unbranched alkanes of at least 4 members (excludes halogenated alkanes) is 44. The summed E-state index contributed by atoms with van der Waals surface area (Å²) in [6, 6.07) is 0. The SMILES string of the molecule is CCCCCCCCC=CCCCCCCCC(=O)OC[C@H](COP(=O)(O)OCC(O)COP(=O)(O)OC[C@@H](COC(=O)CCCCCCCC=CCCCCCCCC)OC(=O)CCCCCCCC=CCCCCCCCC)OC(=O)CCCCCCCC=CCCCCCCCC.[Na]. The number of hydrogen-bond donors (Lipinski definition) is 3.